The van der Waals surface area contributed by atoms with Crippen LogP contribution in [0.2, 0.25) is 0 Å². The molecule has 1 aromatic carbocycles. The first-order valence-electron chi connectivity index (χ1n) is 9.43. The van der Waals surface area contributed by atoms with Gasteiger partial charge in [-0.3, -0.25) is 4.79 Å². The van der Waals surface area contributed by atoms with Crippen molar-refractivity contribution < 1.29 is 14.1 Å². The van der Waals surface area contributed by atoms with Crippen LogP contribution in [0, 0.1) is 5.92 Å². The summed E-state index contributed by atoms with van der Waals surface area (Å²) in [7, 11) is 1.63. The number of ether oxygens (including phenoxy) is 1. The molecule has 1 aromatic heterocycles. The Morgan fingerprint density at radius 2 is 2.19 bits per heavy atom. The minimum Gasteiger partial charge on any atom is -0.497 e. The molecule has 1 unspecified atom stereocenters. The summed E-state index contributed by atoms with van der Waals surface area (Å²) in [6, 6.07) is 7.60. The van der Waals surface area contributed by atoms with Crippen molar-refractivity contribution in [3.63, 3.8) is 0 Å². The van der Waals surface area contributed by atoms with Gasteiger partial charge in [0.1, 0.15) is 5.75 Å². The van der Waals surface area contributed by atoms with Crippen LogP contribution in [0.25, 0.3) is 11.4 Å². The SMILES string of the molecule is CCC(CC)C(=O)N1CCCC(c2nc(-c3cccc(OC)c3)no2)C1. The summed E-state index contributed by atoms with van der Waals surface area (Å²) >= 11 is 0. The average Bonchev–Trinajstić information content (AvgIpc) is 3.19. The van der Waals surface area contributed by atoms with E-state index < -0.39 is 0 Å². The summed E-state index contributed by atoms with van der Waals surface area (Å²) in [6.07, 6.45) is 3.70. The van der Waals surface area contributed by atoms with Crippen molar-refractivity contribution in [1.29, 1.82) is 0 Å². The van der Waals surface area contributed by atoms with Crippen molar-refractivity contribution in [2.75, 3.05) is 20.2 Å². The van der Waals surface area contributed by atoms with Crippen LogP contribution in [0.3, 0.4) is 0 Å². The van der Waals surface area contributed by atoms with Gasteiger partial charge in [-0.05, 0) is 37.8 Å². The van der Waals surface area contributed by atoms with Crippen molar-refractivity contribution in [2.45, 2.75) is 45.4 Å². The third-order valence-electron chi connectivity index (χ3n) is 5.19. The molecule has 3 rings (SSSR count). The quantitative estimate of drug-likeness (QED) is 0.784. The van der Waals surface area contributed by atoms with E-state index >= 15 is 0 Å². The zero-order valence-electron chi connectivity index (χ0n) is 15.8. The second-order valence-corrected chi connectivity index (χ2v) is 6.83. The Hall–Kier alpha value is -2.37. The lowest BCUT2D eigenvalue weighted by atomic mass is 9.95. The number of amides is 1. The van der Waals surface area contributed by atoms with E-state index in [4.69, 9.17) is 9.26 Å². The van der Waals surface area contributed by atoms with E-state index in [1.807, 2.05) is 29.2 Å². The molecule has 0 aliphatic carbocycles. The molecule has 26 heavy (non-hydrogen) atoms. The van der Waals surface area contributed by atoms with Crippen LogP contribution < -0.4 is 4.74 Å². The molecule has 6 nitrogen and oxygen atoms in total. The van der Waals surface area contributed by atoms with Crippen molar-refractivity contribution in [3.8, 4) is 17.1 Å². The highest BCUT2D eigenvalue weighted by Gasteiger charge is 2.30. The van der Waals surface area contributed by atoms with E-state index in [0.717, 1.165) is 43.5 Å². The molecule has 0 bridgehead atoms. The zero-order valence-corrected chi connectivity index (χ0v) is 15.8. The lowest BCUT2D eigenvalue weighted by Gasteiger charge is -2.33. The molecular weight excluding hydrogens is 330 g/mol. The Kier molecular flexibility index (Phi) is 5.91. The van der Waals surface area contributed by atoms with Crippen LogP contribution in [-0.4, -0.2) is 41.1 Å². The van der Waals surface area contributed by atoms with Crippen molar-refractivity contribution in [3.05, 3.63) is 30.2 Å². The molecule has 0 radical (unpaired) electrons. The number of methoxy groups -OCH3 is 1. The maximum absolute atomic E-state index is 12.7. The Morgan fingerprint density at radius 3 is 2.92 bits per heavy atom. The standard InChI is InChI=1S/C20H27N3O3/c1-4-14(5-2)20(24)23-11-7-9-16(13-23)19-21-18(22-26-19)15-8-6-10-17(12-15)25-3/h6,8,10,12,14,16H,4-5,7,9,11,13H2,1-3H3. The Morgan fingerprint density at radius 1 is 1.38 bits per heavy atom. The first-order valence-corrected chi connectivity index (χ1v) is 9.43. The third kappa shape index (κ3) is 3.89. The number of likely N-dealkylation sites (tertiary alicyclic amines) is 1. The molecule has 1 saturated heterocycles. The molecule has 1 amide bonds. The Labute approximate surface area is 154 Å². The first-order chi connectivity index (χ1) is 12.7. The molecule has 1 fully saturated rings. The van der Waals surface area contributed by atoms with E-state index in [0.29, 0.717) is 18.3 Å². The summed E-state index contributed by atoms with van der Waals surface area (Å²) in [5, 5.41) is 4.13. The van der Waals surface area contributed by atoms with Gasteiger partial charge in [-0.2, -0.15) is 4.98 Å². The van der Waals surface area contributed by atoms with Gasteiger partial charge in [0, 0.05) is 24.6 Å². The third-order valence-corrected chi connectivity index (χ3v) is 5.19. The molecule has 1 atom stereocenters. The van der Waals surface area contributed by atoms with Crippen LogP contribution in [-0.2, 0) is 4.79 Å². The fourth-order valence-corrected chi connectivity index (χ4v) is 3.56. The zero-order chi connectivity index (χ0) is 18.5. The summed E-state index contributed by atoms with van der Waals surface area (Å²) in [5.74, 6) is 2.41. The van der Waals surface area contributed by atoms with Crippen molar-refractivity contribution in [1.82, 2.24) is 15.0 Å². The second-order valence-electron chi connectivity index (χ2n) is 6.83. The minimum absolute atomic E-state index is 0.105. The summed E-state index contributed by atoms with van der Waals surface area (Å²) in [4.78, 5) is 19.2. The van der Waals surface area contributed by atoms with Gasteiger partial charge in [0.05, 0.1) is 13.0 Å². The molecule has 6 heteroatoms. The van der Waals surface area contributed by atoms with Gasteiger partial charge in [-0.15, -0.1) is 0 Å². The van der Waals surface area contributed by atoms with E-state index in [1.165, 1.54) is 0 Å². The average molecular weight is 357 g/mol. The van der Waals surface area contributed by atoms with Crippen LogP contribution >= 0.6 is 0 Å². The molecule has 140 valence electrons. The number of carbonyl (C=O) groups is 1. The number of aromatic nitrogens is 2. The van der Waals surface area contributed by atoms with Gasteiger partial charge in [0.2, 0.25) is 17.6 Å². The van der Waals surface area contributed by atoms with E-state index in [9.17, 15) is 4.79 Å². The van der Waals surface area contributed by atoms with Gasteiger partial charge in [-0.25, -0.2) is 0 Å². The summed E-state index contributed by atoms with van der Waals surface area (Å²) in [5.41, 5.74) is 0.861. The minimum atomic E-state index is 0.105. The highest BCUT2D eigenvalue weighted by Crippen LogP contribution is 2.29. The predicted octanol–water partition coefficient (Wildman–Crippen LogP) is 3.89. The van der Waals surface area contributed by atoms with Gasteiger partial charge in [0.15, 0.2) is 0 Å². The molecule has 1 aliphatic rings. The Balaban J connectivity index is 1.73. The van der Waals surface area contributed by atoms with Crippen molar-refractivity contribution >= 4 is 5.91 Å². The van der Waals surface area contributed by atoms with E-state index in [1.54, 1.807) is 7.11 Å². The van der Waals surface area contributed by atoms with Gasteiger partial charge in [0.25, 0.3) is 0 Å². The number of piperidine rings is 1. The fourth-order valence-electron chi connectivity index (χ4n) is 3.56. The molecule has 0 spiro atoms. The highest BCUT2D eigenvalue weighted by atomic mass is 16.5. The lowest BCUT2D eigenvalue weighted by Crippen LogP contribution is -2.42. The number of hydrogen-bond donors (Lipinski definition) is 0. The maximum atomic E-state index is 12.7. The Bertz CT molecular complexity index is 739. The molecule has 0 saturated carbocycles. The lowest BCUT2D eigenvalue weighted by molar-refractivity contribution is -0.137. The van der Waals surface area contributed by atoms with Crippen LogP contribution in [0.4, 0.5) is 0 Å². The summed E-state index contributed by atoms with van der Waals surface area (Å²) in [6.45, 7) is 5.63. The van der Waals surface area contributed by atoms with E-state index in [2.05, 4.69) is 24.0 Å². The van der Waals surface area contributed by atoms with E-state index in [-0.39, 0.29) is 17.7 Å². The summed E-state index contributed by atoms with van der Waals surface area (Å²) < 4.78 is 10.8. The molecule has 0 N–H and O–H groups in total. The largest absolute Gasteiger partial charge is 0.497 e. The molecular formula is C20H27N3O3. The number of carbonyl (C=O) groups excluding carboxylic acids is 1. The molecule has 2 heterocycles. The van der Waals surface area contributed by atoms with Gasteiger partial charge >= 0.3 is 0 Å². The number of nitrogens with zero attached hydrogens (tertiary/aromatic N) is 3. The molecule has 1 aliphatic heterocycles. The second kappa shape index (κ2) is 8.34. The molecule has 2 aromatic rings. The monoisotopic (exact) mass is 357 g/mol. The number of rotatable bonds is 6. The normalized spacial score (nSPS) is 17.5. The maximum Gasteiger partial charge on any atom is 0.231 e. The topological polar surface area (TPSA) is 68.5 Å². The van der Waals surface area contributed by atoms with Crippen LogP contribution in [0.1, 0.15) is 51.3 Å². The van der Waals surface area contributed by atoms with Crippen molar-refractivity contribution in [2.24, 2.45) is 5.92 Å². The fraction of sp³-hybridized carbons (Fsp3) is 0.550. The number of hydrogen-bond acceptors (Lipinski definition) is 5. The smallest absolute Gasteiger partial charge is 0.231 e. The number of benzene rings is 1. The van der Waals surface area contributed by atoms with Gasteiger partial charge in [-0.1, -0.05) is 31.1 Å². The van der Waals surface area contributed by atoms with Crippen LogP contribution in [0.15, 0.2) is 28.8 Å². The predicted molar refractivity (Wildman–Crippen MR) is 98.9 cm³/mol. The first kappa shape index (κ1) is 18.4. The van der Waals surface area contributed by atoms with Gasteiger partial charge < -0.3 is 14.2 Å². The highest BCUT2D eigenvalue weighted by molar-refractivity contribution is 5.78. The van der Waals surface area contributed by atoms with Crippen LogP contribution in [0.5, 0.6) is 5.75 Å².